The summed E-state index contributed by atoms with van der Waals surface area (Å²) in [5, 5.41) is 0. The summed E-state index contributed by atoms with van der Waals surface area (Å²) in [6.45, 7) is 4.51. The van der Waals surface area contributed by atoms with Crippen LogP contribution in [0.25, 0.3) is 0 Å². The number of hydrogen-bond acceptors (Lipinski definition) is 5. The van der Waals surface area contributed by atoms with Crippen LogP contribution in [0.2, 0.25) is 0 Å². The van der Waals surface area contributed by atoms with E-state index in [1.165, 1.54) is 16.7 Å². The number of anilines is 1. The summed E-state index contributed by atoms with van der Waals surface area (Å²) in [6.07, 6.45) is 1.76. The average Bonchev–Trinajstić information content (AvgIpc) is 2.89. The molecule has 0 spiro atoms. The highest BCUT2D eigenvalue weighted by Crippen LogP contribution is 2.25. The van der Waals surface area contributed by atoms with Gasteiger partial charge in [0, 0.05) is 45.4 Å². The third-order valence-electron chi connectivity index (χ3n) is 6.33. The number of amides is 1. The lowest BCUT2D eigenvalue weighted by Crippen LogP contribution is -2.37. The molecule has 1 amide bonds. The van der Waals surface area contributed by atoms with Gasteiger partial charge in [0.1, 0.15) is 18.1 Å². The van der Waals surface area contributed by atoms with E-state index in [-0.39, 0.29) is 12.5 Å². The summed E-state index contributed by atoms with van der Waals surface area (Å²) in [5.74, 6) is 1.52. The predicted molar refractivity (Wildman–Crippen MR) is 143 cm³/mol. The van der Waals surface area contributed by atoms with Crippen LogP contribution in [-0.4, -0.2) is 57.9 Å². The van der Waals surface area contributed by atoms with Gasteiger partial charge in [-0.1, -0.05) is 49.4 Å². The van der Waals surface area contributed by atoms with Crippen molar-refractivity contribution < 1.29 is 19.0 Å². The van der Waals surface area contributed by atoms with E-state index >= 15 is 0 Å². The molecule has 0 unspecified atom stereocenters. The van der Waals surface area contributed by atoms with Crippen LogP contribution in [0, 0.1) is 0 Å². The fraction of sp³-hybridized carbons (Fsp3) is 0.367. The third kappa shape index (κ3) is 7.01. The first-order valence-electron chi connectivity index (χ1n) is 12.6. The Morgan fingerprint density at radius 1 is 0.972 bits per heavy atom. The number of ether oxygens (including phenoxy) is 3. The normalized spacial score (nSPS) is 14.2. The summed E-state index contributed by atoms with van der Waals surface area (Å²) in [6, 6.07) is 22.6. The number of carbonyl (C=O) groups is 1. The van der Waals surface area contributed by atoms with Crippen molar-refractivity contribution in [3.8, 4) is 11.5 Å². The van der Waals surface area contributed by atoms with Gasteiger partial charge in [0.05, 0.1) is 13.2 Å². The van der Waals surface area contributed by atoms with Gasteiger partial charge in [-0.25, -0.2) is 0 Å². The van der Waals surface area contributed by atoms with Gasteiger partial charge in [-0.05, 0) is 46.9 Å². The van der Waals surface area contributed by atoms with Crippen LogP contribution in [-0.2, 0) is 28.9 Å². The van der Waals surface area contributed by atoms with Crippen molar-refractivity contribution in [2.75, 3.05) is 52.0 Å². The molecule has 3 aromatic carbocycles. The molecule has 0 N–H and O–H groups in total. The largest absolute Gasteiger partial charge is 0.491 e. The van der Waals surface area contributed by atoms with Crippen molar-refractivity contribution in [2.45, 2.75) is 26.3 Å². The van der Waals surface area contributed by atoms with Gasteiger partial charge in [0.15, 0.2) is 6.61 Å². The van der Waals surface area contributed by atoms with Crippen LogP contribution in [0.5, 0.6) is 11.5 Å². The van der Waals surface area contributed by atoms with Crippen LogP contribution in [0.15, 0.2) is 66.7 Å². The van der Waals surface area contributed by atoms with Crippen LogP contribution < -0.4 is 14.4 Å². The van der Waals surface area contributed by atoms with Crippen molar-refractivity contribution in [3.05, 3.63) is 89.0 Å². The molecule has 0 aromatic heterocycles. The zero-order valence-electron chi connectivity index (χ0n) is 21.5. The maximum absolute atomic E-state index is 13.2. The monoisotopic (exact) mass is 488 g/mol. The highest BCUT2D eigenvalue weighted by Gasteiger charge is 2.16. The van der Waals surface area contributed by atoms with E-state index in [9.17, 15) is 4.79 Å². The molecular weight excluding hydrogens is 452 g/mol. The number of nitrogens with zero attached hydrogens (tertiary/aromatic N) is 2. The Labute approximate surface area is 214 Å². The molecule has 190 valence electrons. The molecule has 1 heterocycles. The molecule has 0 aliphatic carbocycles. The quantitative estimate of drug-likeness (QED) is 0.520. The van der Waals surface area contributed by atoms with Gasteiger partial charge in [0.2, 0.25) is 0 Å². The molecule has 0 saturated carbocycles. The predicted octanol–water partition coefficient (Wildman–Crippen LogP) is 4.72. The second kappa shape index (κ2) is 12.5. The molecule has 0 saturated heterocycles. The molecule has 36 heavy (non-hydrogen) atoms. The molecule has 6 heteroatoms. The molecule has 6 nitrogen and oxygen atoms in total. The first kappa shape index (κ1) is 25.6. The van der Waals surface area contributed by atoms with E-state index in [4.69, 9.17) is 14.2 Å². The average molecular weight is 489 g/mol. The smallest absolute Gasteiger partial charge is 0.260 e. The summed E-state index contributed by atoms with van der Waals surface area (Å²) in [4.78, 5) is 17.0. The molecule has 1 aliphatic heterocycles. The lowest BCUT2D eigenvalue weighted by atomic mass is 9.99. The zero-order chi connectivity index (χ0) is 25.3. The highest BCUT2D eigenvalue weighted by molar-refractivity contribution is 5.77. The molecule has 4 rings (SSSR count). The van der Waals surface area contributed by atoms with Gasteiger partial charge < -0.3 is 24.0 Å². The fourth-order valence-electron chi connectivity index (χ4n) is 4.28. The second-order valence-electron chi connectivity index (χ2n) is 9.25. The van der Waals surface area contributed by atoms with Gasteiger partial charge >= 0.3 is 0 Å². The van der Waals surface area contributed by atoms with E-state index in [1.54, 1.807) is 0 Å². The van der Waals surface area contributed by atoms with Crippen LogP contribution >= 0.6 is 0 Å². The number of hydrogen-bond donors (Lipinski definition) is 0. The minimum atomic E-state index is -0.0689. The van der Waals surface area contributed by atoms with Gasteiger partial charge in [-0.2, -0.15) is 0 Å². The number of aryl methyl sites for hydroxylation is 1. The van der Waals surface area contributed by atoms with Crippen molar-refractivity contribution in [2.24, 2.45) is 0 Å². The third-order valence-corrected chi connectivity index (χ3v) is 6.33. The molecule has 3 aromatic rings. The number of fused-ring (bicyclic) bond motifs is 3. The van der Waals surface area contributed by atoms with Gasteiger partial charge in [-0.15, -0.1) is 0 Å². The van der Waals surface area contributed by atoms with E-state index in [2.05, 4.69) is 49.4 Å². The summed E-state index contributed by atoms with van der Waals surface area (Å²) >= 11 is 0. The first-order chi connectivity index (χ1) is 17.5. The lowest BCUT2D eigenvalue weighted by Gasteiger charge is -2.24. The minimum absolute atomic E-state index is 0.0210. The molecule has 1 aliphatic rings. The first-order valence-corrected chi connectivity index (χ1v) is 12.6. The SMILES string of the molecule is CCc1ccc2c(c1)Cc1cccc(c1)CN(C(=O)COc1cccc(N(C)C)c1)CCOCCO2. The van der Waals surface area contributed by atoms with Gasteiger partial charge in [-0.3, -0.25) is 4.79 Å². The lowest BCUT2D eigenvalue weighted by molar-refractivity contribution is -0.134. The summed E-state index contributed by atoms with van der Waals surface area (Å²) < 4.78 is 17.7. The Kier molecular flexibility index (Phi) is 8.85. The topological polar surface area (TPSA) is 51.2 Å². The van der Waals surface area contributed by atoms with Crippen molar-refractivity contribution in [3.63, 3.8) is 0 Å². The highest BCUT2D eigenvalue weighted by atomic mass is 16.5. The number of rotatable bonds is 5. The van der Waals surface area contributed by atoms with Gasteiger partial charge in [0.25, 0.3) is 5.91 Å². The summed E-state index contributed by atoms with van der Waals surface area (Å²) in [5.41, 5.74) is 5.77. The molecule has 0 atom stereocenters. The van der Waals surface area contributed by atoms with E-state index < -0.39 is 0 Å². The summed E-state index contributed by atoms with van der Waals surface area (Å²) in [7, 11) is 3.96. The Morgan fingerprint density at radius 3 is 2.64 bits per heavy atom. The van der Waals surface area contributed by atoms with Crippen LogP contribution in [0.3, 0.4) is 0 Å². The van der Waals surface area contributed by atoms with E-state index in [0.29, 0.717) is 38.7 Å². The minimum Gasteiger partial charge on any atom is -0.491 e. The van der Waals surface area contributed by atoms with Crippen molar-refractivity contribution in [1.29, 1.82) is 0 Å². The van der Waals surface area contributed by atoms with E-state index in [0.717, 1.165) is 29.8 Å². The van der Waals surface area contributed by atoms with E-state index in [1.807, 2.05) is 48.2 Å². The van der Waals surface area contributed by atoms with Crippen LogP contribution in [0.1, 0.15) is 29.2 Å². The Bertz CT molecular complexity index is 1160. The van der Waals surface area contributed by atoms with Crippen LogP contribution in [0.4, 0.5) is 5.69 Å². The fourth-order valence-corrected chi connectivity index (χ4v) is 4.28. The zero-order valence-corrected chi connectivity index (χ0v) is 21.5. The molecule has 0 radical (unpaired) electrons. The maximum atomic E-state index is 13.2. The Morgan fingerprint density at radius 2 is 1.81 bits per heavy atom. The van der Waals surface area contributed by atoms with Crippen molar-refractivity contribution >= 4 is 11.6 Å². The second-order valence-corrected chi connectivity index (χ2v) is 9.25. The number of carbonyl (C=O) groups excluding carboxylic acids is 1. The Hall–Kier alpha value is -3.51. The molecular formula is C30H36N2O4. The standard InChI is InChI=1S/C30H36N2O4/c1-4-23-11-12-29-26(18-23)19-24-7-5-8-25(17-24)21-32(13-14-34-15-16-35-29)30(33)22-36-28-10-6-9-27(20-28)31(2)3/h5-12,17-18,20H,4,13-16,19,21-22H2,1-3H3. The Balaban J connectivity index is 1.50. The molecule has 2 bridgehead atoms. The molecule has 0 fully saturated rings. The van der Waals surface area contributed by atoms with Crippen molar-refractivity contribution in [1.82, 2.24) is 4.90 Å². The number of benzene rings is 3. The maximum Gasteiger partial charge on any atom is 0.260 e.